The lowest BCUT2D eigenvalue weighted by Crippen LogP contribution is -2.47. The van der Waals surface area contributed by atoms with E-state index in [1.165, 1.54) is 10.4 Å². The van der Waals surface area contributed by atoms with Crippen molar-refractivity contribution in [1.82, 2.24) is 9.21 Å². The Balaban J connectivity index is 1.84. The summed E-state index contributed by atoms with van der Waals surface area (Å²) in [7, 11) is -3.58. The first-order valence-corrected chi connectivity index (χ1v) is 8.07. The average Bonchev–Trinajstić information content (AvgIpc) is 2.86. The second-order valence-corrected chi connectivity index (χ2v) is 7.03. The third kappa shape index (κ3) is 2.52. The maximum absolute atomic E-state index is 12.6. The number of rotatable bonds is 3. The van der Waals surface area contributed by atoms with Gasteiger partial charge in [0.25, 0.3) is 0 Å². The van der Waals surface area contributed by atoms with E-state index in [9.17, 15) is 18.0 Å². The molecule has 0 bridgehead atoms. The molecule has 0 aromatic heterocycles. The molecule has 2 amide bonds. The van der Waals surface area contributed by atoms with Gasteiger partial charge in [-0.2, -0.15) is 4.31 Å². The summed E-state index contributed by atoms with van der Waals surface area (Å²) in [5.74, 6) is -0.126. The normalized spacial score (nSPS) is 19.2. The molecule has 0 saturated carbocycles. The quantitative estimate of drug-likeness (QED) is 0.773. The smallest absolute Gasteiger partial charge is 0.243 e. The molecule has 1 aromatic rings. The molecule has 0 aliphatic carbocycles. The number of benzene rings is 1. The van der Waals surface area contributed by atoms with Crippen molar-refractivity contribution < 1.29 is 18.0 Å². The van der Waals surface area contributed by atoms with Crippen LogP contribution in [0.5, 0.6) is 0 Å². The van der Waals surface area contributed by atoms with Gasteiger partial charge in [0, 0.05) is 31.9 Å². The summed E-state index contributed by atoms with van der Waals surface area (Å²) >= 11 is 0. The van der Waals surface area contributed by atoms with Crippen LogP contribution < -0.4 is 5.32 Å². The topological polar surface area (TPSA) is 86.8 Å². The average molecular weight is 309 g/mol. The van der Waals surface area contributed by atoms with Gasteiger partial charge in [-0.1, -0.05) is 0 Å². The first-order valence-electron chi connectivity index (χ1n) is 6.63. The van der Waals surface area contributed by atoms with Gasteiger partial charge in [-0.25, -0.2) is 8.42 Å². The molecule has 2 aliphatic rings. The van der Waals surface area contributed by atoms with E-state index in [0.29, 0.717) is 24.3 Å². The zero-order valence-corrected chi connectivity index (χ0v) is 12.1. The first-order chi connectivity index (χ1) is 10.0. The highest BCUT2D eigenvalue weighted by molar-refractivity contribution is 7.89. The lowest BCUT2D eigenvalue weighted by Gasteiger charge is -2.31. The molecule has 0 atom stereocenters. The number of carbonyl (C=O) groups excluding carboxylic acids is 2. The van der Waals surface area contributed by atoms with Crippen molar-refractivity contribution in [2.75, 3.05) is 31.5 Å². The van der Waals surface area contributed by atoms with Crippen molar-refractivity contribution in [2.24, 2.45) is 0 Å². The van der Waals surface area contributed by atoms with Crippen molar-refractivity contribution in [3.63, 3.8) is 0 Å². The van der Waals surface area contributed by atoms with Crippen LogP contribution in [0.3, 0.4) is 0 Å². The van der Waals surface area contributed by atoms with Crippen LogP contribution in [0.1, 0.15) is 5.56 Å². The van der Waals surface area contributed by atoms with Crippen molar-refractivity contribution >= 4 is 28.0 Å². The molecule has 2 heterocycles. The maximum Gasteiger partial charge on any atom is 0.243 e. The third-order valence-electron chi connectivity index (χ3n) is 3.76. The van der Waals surface area contributed by atoms with Crippen molar-refractivity contribution in [2.45, 2.75) is 11.3 Å². The number of sulfonamides is 1. The summed E-state index contributed by atoms with van der Waals surface area (Å²) in [5, 5.41) is 2.68. The van der Waals surface area contributed by atoms with Gasteiger partial charge < -0.3 is 10.2 Å². The lowest BCUT2D eigenvalue weighted by atomic mass is 10.2. The van der Waals surface area contributed by atoms with E-state index < -0.39 is 10.0 Å². The van der Waals surface area contributed by atoms with Gasteiger partial charge in [-0.05, 0) is 23.8 Å². The SMILES string of the molecule is O=CN1CCN(S(=O)(=O)c2ccc3c(c2)CC(=O)N3)CC1. The maximum atomic E-state index is 12.6. The van der Waals surface area contributed by atoms with Crippen LogP contribution in [-0.4, -0.2) is 56.1 Å². The number of anilines is 1. The molecule has 2 aliphatic heterocycles. The van der Waals surface area contributed by atoms with Crippen molar-refractivity contribution in [3.05, 3.63) is 23.8 Å². The Labute approximate surface area is 122 Å². The van der Waals surface area contributed by atoms with Crippen LogP contribution in [0.4, 0.5) is 5.69 Å². The largest absolute Gasteiger partial charge is 0.343 e. The highest BCUT2D eigenvalue weighted by atomic mass is 32.2. The Morgan fingerprint density at radius 2 is 1.86 bits per heavy atom. The fourth-order valence-electron chi connectivity index (χ4n) is 2.56. The molecule has 0 unspecified atom stereocenters. The zero-order chi connectivity index (χ0) is 15.0. The number of piperazine rings is 1. The molecule has 1 N–H and O–H groups in total. The Bertz CT molecular complexity index is 693. The predicted octanol–water partition coefficient (Wildman–Crippen LogP) is -0.356. The number of fused-ring (bicyclic) bond motifs is 1. The van der Waals surface area contributed by atoms with Crippen LogP contribution >= 0.6 is 0 Å². The highest BCUT2D eigenvalue weighted by Crippen LogP contribution is 2.27. The van der Waals surface area contributed by atoms with Crippen LogP contribution in [0, 0.1) is 0 Å². The third-order valence-corrected chi connectivity index (χ3v) is 5.66. The molecular weight excluding hydrogens is 294 g/mol. The minimum absolute atomic E-state index is 0.126. The number of nitrogens with zero attached hydrogens (tertiary/aromatic N) is 2. The van der Waals surface area contributed by atoms with Gasteiger partial charge in [0.15, 0.2) is 0 Å². The molecule has 7 nitrogen and oxygen atoms in total. The summed E-state index contributed by atoms with van der Waals surface area (Å²) in [5.41, 5.74) is 1.37. The van der Waals surface area contributed by atoms with E-state index in [4.69, 9.17) is 0 Å². The van der Waals surface area contributed by atoms with E-state index in [0.717, 1.165) is 6.41 Å². The summed E-state index contributed by atoms with van der Waals surface area (Å²) in [6, 6.07) is 4.68. The fourth-order valence-corrected chi connectivity index (χ4v) is 4.04. The minimum atomic E-state index is -3.58. The van der Waals surface area contributed by atoms with Crippen LogP contribution in [0.25, 0.3) is 0 Å². The van der Waals surface area contributed by atoms with E-state index >= 15 is 0 Å². The molecule has 1 aromatic carbocycles. The van der Waals surface area contributed by atoms with Gasteiger partial charge in [0.1, 0.15) is 0 Å². The summed E-state index contributed by atoms with van der Waals surface area (Å²) in [4.78, 5) is 23.7. The van der Waals surface area contributed by atoms with E-state index in [-0.39, 0.29) is 30.3 Å². The molecule has 112 valence electrons. The van der Waals surface area contributed by atoms with Crippen molar-refractivity contribution in [1.29, 1.82) is 0 Å². The second kappa shape index (κ2) is 5.12. The Kier molecular flexibility index (Phi) is 3.42. The van der Waals surface area contributed by atoms with Crippen molar-refractivity contribution in [3.8, 4) is 0 Å². The Morgan fingerprint density at radius 3 is 2.52 bits per heavy atom. The molecular formula is C13H15N3O4S. The number of amides is 2. The standard InChI is InChI=1S/C13H15N3O4S/c17-9-15-3-5-16(6-4-15)21(19,20)11-1-2-12-10(7-11)8-13(18)14-12/h1-2,7,9H,3-6,8H2,(H,14,18). The summed E-state index contributed by atoms with van der Waals surface area (Å²) < 4.78 is 26.5. The van der Waals surface area contributed by atoms with Crippen LogP contribution in [-0.2, 0) is 26.0 Å². The van der Waals surface area contributed by atoms with Gasteiger partial charge in [0.05, 0.1) is 11.3 Å². The van der Waals surface area contributed by atoms with Gasteiger partial charge >= 0.3 is 0 Å². The Morgan fingerprint density at radius 1 is 1.14 bits per heavy atom. The second-order valence-electron chi connectivity index (χ2n) is 5.09. The molecule has 8 heteroatoms. The van der Waals surface area contributed by atoms with E-state index in [2.05, 4.69) is 5.32 Å². The number of hydrogen-bond donors (Lipinski definition) is 1. The van der Waals surface area contributed by atoms with Gasteiger partial charge in [-0.3, -0.25) is 9.59 Å². The lowest BCUT2D eigenvalue weighted by molar-refractivity contribution is -0.119. The van der Waals surface area contributed by atoms with E-state index in [1.807, 2.05) is 0 Å². The fraction of sp³-hybridized carbons (Fsp3) is 0.385. The zero-order valence-electron chi connectivity index (χ0n) is 11.3. The predicted molar refractivity (Wildman–Crippen MR) is 75.2 cm³/mol. The number of hydrogen-bond acceptors (Lipinski definition) is 4. The Hall–Kier alpha value is -1.93. The van der Waals surface area contributed by atoms with Crippen LogP contribution in [0.2, 0.25) is 0 Å². The molecule has 0 spiro atoms. The first kappa shape index (κ1) is 14.0. The highest BCUT2D eigenvalue weighted by Gasteiger charge is 2.29. The van der Waals surface area contributed by atoms with E-state index in [1.54, 1.807) is 17.0 Å². The molecule has 0 radical (unpaired) electrons. The monoisotopic (exact) mass is 309 g/mol. The molecule has 3 rings (SSSR count). The van der Waals surface area contributed by atoms with Gasteiger partial charge in [-0.15, -0.1) is 0 Å². The number of carbonyl (C=O) groups is 2. The summed E-state index contributed by atoms with van der Waals surface area (Å²) in [6.07, 6.45) is 0.939. The van der Waals surface area contributed by atoms with Crippen LogP contribution in [0.15, 0.2) is 23.1 Å². The molecule has 1 fully saturated rings. The molecule has 1 saturated heterocycles. The molecule has 21 heavy (non-hydrogen) atoms. The van der Waals surface area contributed by atoms with Gasteiger partial charge in [0.2, 0.25) is 22.3 Å². The number of nitrogens with one attached hydrogen (secondary N) is 1. The minimum Gasteiger partial charge on any atom is -0.343 e. The summed E-state index contributed by atoms with van der Waals surface area (Å²) in [6.45, 7) is 1.37.